The van der Waals surface area contributed by atoms with E-state index in [1.165, 1.54) is 12.1 Å². The first kappa shape index (κ1) is 25.5. The smallest absolute Gasteiger partial charge is 0.437 e. The molecule has 0 atom stereocenters. The van der Waals surface area contributed by atoms with Gasteiger partial charge in [0.2, 0.25) is 5.89 Å². The Morgan fingerprint density at radius 3 is 2.41 bits per heavy atom. The lowest BCUT2D eigenvalue weighted by Gasteiger charge is -2.23. The monoisotopic (exact) mass is 498 g/mol. The lowest BCUT2D eigenvalue weighted by atomic mass is 10.1. The van der Waals surface area contributed by atoms with E-state index in [0.29, 0.717) is 27.2 Å². The van der Waals surface area contributed by atoms with Crippen molar-refractivity contribution in [1.29, 1.82) is 0 Å². The van der Waals surface area contributed by atoms with E-state index < -0.39 is 17.5 Å². The Bertz CT molecular complexity index is 1210. The number of hydrogen-bond acceptors (Lipinski definition) is 5. The van der Waals surface area contributed by atoms with Gasteiger partial charge in [-0.15, -0.1) is 5.10 Å². The topological polar surface area (TPSA) is 74.3 Å². The van der Waals surface area contributed by atoms with Gasteiger partial charge in [-0.3, -0.25) is 4.79 Å². The van der Waals surface area contributed by atoms with Crippen molar-refractivity contribution in [1.82, 2.24) is 9.78 Å². The van der Waals surface area contributed by atoms with Gasteiger partial charge in [-0.1, -0.05) is 17.7 Å². The number of benzene rings is 2. The summed E-state index contributed by atoms with van der Waals surface area (Å²) in [7, 11) is 5.91. The molecule has 7 nitrogen and oxygen atoms in total. The van der Waals surface area contributed by atoms with Gasteiger partial charge in [0, 0.05) is 10.6 Å². The summed E-state index contributed by atoms with van der Waals surface area (Å²) in [4.78, 5) is 24.4. The fourth-order valence-corrected chi connectivity index (χ4v) is 3.22. The van der Waals surface area contributed by atoms with E-state index in [1.807, 2.05) is 21.1 Å². The molecule has 182 valence electrons. The molecule has 0 bridgehead atoms. The summed E-state index contributed by atoms with van der Waals surface area (Å²) in [6.07, 6.45) is -4.22. The summed E-state index contributed by atoms with van der Waals surface area (Å²) in [6, 6.07) is 9.08. The van der Waals surface area contributed by atoms with E-state index >= 15 is 0 Å². The molecule has 0 N–H and O–H groups in total. The van der Waals surface area contributed by atoms with Gasteiger partial charge in [0.1, 0.15) is 6.61 Å². The van der Waals surface area contributed by atoms with Gasteiger partial charge >= 0.3 is 17.9 Å². The van der Waals surface area contributed by atoms with Crippen LogP contribution in [0.4, 0.5) is 13.2 Å². The molecule has 0 saturated carbocycles. The highest BCUT2D eigenvalue weighted by Crippen LogP contribution is 2.30. The maximum absolute atomic E-state index is 12.8. The molecule has 3 rings (SSSR count). The molecule has 0 aliphatic carbocycles. The minimum absolute atomic E-state index is 0.0131. The standard InChI is InChI=1S/C23H24ClF3N3O4/c1-30(2,3)11-10-20(31)33-14-16-6-9-19(24)12-17(16)13-29-22(32)34-21(28-29)15-4-7-18(8-5-15)23(25,26)27/h4-9,12H,10-11,13-14H2,1-3H3/q+1. The molecule has 0 radical (unpaired) electrons. The molecule has 0 fully saturated rings. The molecule has 0 aliphatic rings. The van der Waals surface area contributed by atoms with Crippen LogP contribution in [0, 0.1) is 0 Å². The highest BCUT2D eigenvalue weighted by atomic mass is 35.5. The molecule has 0 amide bonds. The van der Waals surface area contributed by atoms with Crippen molar-refractivity contribution in [3.63, 3.8) is 0 Å². The number of nitrogens with zero attached hydrogens (tertiary/aromatic N) is 3. The number of alkyl halides is 3. The quantitative estimate of drug-likeness (QED) is 0.341. The molecule has 0 unspecified atom stereocenters. The Balaban J connectivity index is 1.76. The van der Waals surface area contributed by atoms with E-state index in [-0.39, 0.29) is 37.0 Å². The summed E-state index contributed by atoms with van der Waals surface area (Å²) in [5.41, 5.74) is 0.620. The van der Waals surface area contributed by atoms with Crippen LogP contribution >= 0.6 is 11.6 Å². The van der Waals surface area contributed by atoms with Crippen LogP contribution in [0.1, 0.15) is 23.1 Å². The molecule has 1 aromatic heterocycles. The van der Waals surface area contributed by atoms with E-state index in [0.717, 1.165) is 16.8 Å². The summed E-state index contributed by atoms with van der Waals surface area (Å²) >= 11 is 6.11. The molecule has 1 heterocycles. The van der Waals surface area contributed by atoms with Crippen LogP contribution in [-0.2, 0) is 28.9 Å². The predicted octanol–water partition coefficient (Wildman–Crippen LogP) is 4.36. The van der Waals surface area contributed by atoms with Crippen LogP contribution in [0.25, 0.3) is 11.5 Å². The number of rotatable bonds is 8. The maximum Gasteiger partial charge on any atom is 0.437 e. The van der Waals surface area contributed by atoms with Crippen LogP contribution in [0.2, 0.25) is 5.02 Å². The molecule has 0 saturated heterocycles. The summed E-state index contributed by atoms with van der Waals surface area (Å²) < 4.78 is 50.5. The second kappa shape index (κ2) is 10.0. The van der Waals surface area contributed by atoms with Gasteiger partial charge in [0.15, 0.2) is 0 Å². The number of carbonyl (C=O) groups is 1. The number of carbonyl (C=O) groups excluding carboxylic acids is 1. The van der Waals surface area contributed by atoms with Gasteiger partial charge in [0.25, 0.3) is 0 Å². The number of hydrogen-bond donors (Lipinski definition) is 0. The highest BCUT2D eigenvalue weighted by molar-refractivity contribution is 6.30. The molecule has 11 heteroatoms. The van der Waals surface area contributed by atoms with E-state index in [1.54, 1.807) is 18.2 Å². The number of aromatic nitrogens is 2. The van der Waals surface area contributed by atoms with E-state index in [2.05, 4.69) is 5.10 Å². The van der Waals surface area contributed by atoms with Crippen molar-refractivity contribution in [3.8, 4) is 11.5 Å². The first-order chi connectivity index (χ1) is 15.8. The number of ether oxygens (including phenoxy) is 1. The average Bonchev–Trinajstić information content (AvgIpc) is 3.11. The minimum Gasteiger partial charge on any atom is -0.461 e. The van der Waals surface area contributed by atoms with Crippen LogP contribution in [0.5, 0.6) is 0 Å². The third-order valence-corrected chi connectivity index (χ3v) is 5.16. The van der Waals surface area contributed by atoms with Crippen LogP contribution in [-0.4, -0.2) is 47.9 Å². The molecule has 3 aromatic rings. The van der Waals surface area contributed by atoms with Crippen LogP contribution < -0.4 is 5.76 Å². The summed E-state index contributed by atoms with van der Waals surface area (Å²) in [5, 5.41) is 4.50. The third-order valence-electron chi connectivity index (χ3n) is 4.93. The largest absolute Gasteiger partial charge is 0.461 e. The Hall–Kier alpha value is -3.11. The van der Waals surface area contributed by atoms with Crippen molar-refractivity contribution in [2.45, 2.75) is 25.7 Å². The zero-order chi connectivity index (χ0) is 25.1. The van der Waals surface area contributed by atoms with Crippen molar-refractivity contribution in [3.05, 3.63) is 74.7 Å². The number of halogens is 4. The van der Waals surface area contributed by atoms with E-state index in [9.17, 15) is 22.8 Å². The first-order valence-corrected chi connectivity index (χ1v) is 10.7. The van der Waals surface area contributed by atoms with Gasteiger partial charge in [-0.2, -0.15) is 17.9 Å². The SMILES string of the molecule is C[N+](C)(C)CCC(=O)OCc1ccc(Cl)cc1Cn1nc(-c2ccc(C(F)(F)F)cc2)oc1=O. The van der Waals surface area contributed by atoms with Crippen molar-refractivity contribution >= 4 is 17.6 Å². The zero-order valence-corrected chi connectivity index (χ0v) is 19.6. The van der Waals surface area contributed by atoms with Crippen molar-refractivity contribution in [2.24, 2.45) is 0 Å². The van der Waals surface area contributed by atoms with Crippen LogP contribution in [0.15, 0.2) is 51.7 Å². The van der Waals surface area contributed by atoms with Crippen LogP contribution in [0.3, 0.4) is 0 Å². The highest BCUT2D eigenvalue weighted by Gasteiger charge is 2.30. The molecule has 0 aliphatic heterocycles. The second-order valence-corrected chi connectivity index (χ2v) is 9.18. The summed E-state index contributed by atoms with van der Waals surface area (Å²) in [6.45, 7) is 0.573. The fourth-order valence-electron chi connectivity index (χ4n) is 3.03. The Labute approximate surface area is 198 Å². The minimum atomic E-state index is -4.48. The number of quaternary nitrogens is 1. The van der Waals surface area contributed by atoms with Gasteiger partial charge in [0.05, 0.1) is 46.2 Å². The Kier molecular flexibility index (Phi) is 7.52. The van der Waals surface area contributed by atoms with Gasteiger partial charge < -0.3 is 13.6 Å². The molecular formula is C23H24ClF3N3O4+. The first-order valence-electron chi connectivity index (χ1n) is 10.3. The Morgan fingerprint density at radius 1 is 1.12 bits per heavy atom. The number of esters is 1. The second-order valence-electron chi connectivity index (χ2n) is 8.74. The normalized spacial score (nSPS) is 12.1. The molecule has 0 spiro atoms. The van der Waals surface area contributed by atoms with Gasteiger partial charge in [-0.05, 0) is 47.5 Å². The van der Waals surface area contributed by atoms with Gasteiger partial charge in [-0.25, -0.2) is 4.79 Å². The molecule has 34 heavy (non-hydrogen) atoms. The fraction of sp³-hybridized carbons (Fsp3) is 0.348. The van der Waals surface area contributed by atoms with E-state index in [4.69, 9.17) is 20.8 Å². The zero-order valence-electron chi connectivity index (χ0n) is 18.9. The lowest BCUT2D eigenvalue weighted by molar-refractivity contribution is -0.869. The Morgan fingerprint density at radius 2 is 1.79 bits per heavy atom. The average molecular weight is 499 g/mol. The van der Waals surface area contributed by atoms with Crippen molar-refractivity contribution < 1.29 is 31.6 Å². The maximum atomic E-state index is 12.8. The summed E-state index contributed by atoms with van der Waals surface area (Å²) in [5.74, 6) is -1.26. The third kappa shape index (κ3) is 6.94. The lowest BCUT2D eigenvalue weighted by Crippen LogP contribution is -2.36. The van der Waals surface area contributed by atoms with Crippen molar-refractivity contribution in [2.75, 3.05) is 27.7 Å². The molecular weight excluding hydrogens is 475 g/mol. The predicted molar refractivity (Wildman–Crippen MR) is 119 cm³/mol. The molecule has 2 aromatic carbocycles.